The van der Waals surface area contributed by atoms with Crippen LogP contribution in [0.15, 0.2) is 79.1 Å². The van der Waals surface area contributed by atoms with Gasteiger partial charge in [-0.3, -0.25) is 9.78 Å². The normalized spacial score (nSPS) is 16.0. The summed E-state index contributed by atoms with van der Waals surface area (Å²) in [6.07, 6.45) is 4.30. The van der Waals surface area contributed by atoms with Crippen molar-refractivity contribution in [3.8, 4) is 5.75 Å². The largest absolute Gasteiger partial charge is 0.497 e. The van der Waals surface area contributed by atoms with Gasteiger partial charge in [-0.25, -0.2) is 4.98 Å². The summed E-state index contributed by atoms with van der Waals surface area (Å²) < 4.78 is 11.2. The Morgan fingerprint density at radius 2 is 1.91 bits per heavy atom. The lowest BCUT2D eigenvalue weighted by Gasteiger charge is -2.25. The van der Waals surface area contributed by atoms with E-state index in [9.17, 15) is 4.79 Å². The molecule has 0 radical (unpaired) electrons. The highest BCUT2D eigenvalue weighted by Crippen LogP contribution is 2.25. The second-order valence-electron chi connectivity index (χ2n) is 8.65. The monoisotopic (exact) mass is 468 g/mol. The SMILES string of the molecule is COc1cccc(Nc2ncccc2C(=O)N2CCOCC(Cc3cccc4cccnc34)C2)c1. The fourth-order valence-electron chi connectivity index (χ4n) is 4.52. The number of carbonyl (C=O) groups is 1. The number of para-hydroxylation sites is 1. The molecule has 0 saturated carbocycles. The molecule has 1 aliphatic heterocycles. The molecule has 7 nitrogen and oxygen atoms in total. The first-order valence-corrected chi connectivity index (χ1v) is 11.8. The first-order valence-electron chi connectivity index (χ1n) is 11.8. The lowest BCUT2D eigenvalue weighted by molar-refractivity contribution is 0.0738. The molecule has 1 saturated heterocycles. The van der Waals surface area contributed by atoms with Gasteiger partial charge in [-0.1, -0.05) is 30.3 Å². The average Bonchev–Trinajstić information content (AvgIpc) is 3.14. The molecule has 0 aliphatic carbocycles. The molecule has 2 aromatic heterocycles. The topological polar surface area (TPSA) is 76.6 Å². The van der Waals surface area contributed by atoms with E-state index in [2.05, 4.69) is 39.6 Å². The predicted octanol–water partition coefficient (Wildman–Crippen LogP) is 4.71. The maximum absolute atomic E-state index is 13.7. The van der Waals surface area contributed by atoms with Crippen molar-refractivity contribution in [2.75, 3.05) is 38.7 Å². The van der Waals surface area contributed by atoms with Crippen LogP contribution in [-0.4, -0.2) is 54.2 Å². The molecule has 1 fully saturated rings. The van der Waals surface area contributed by atoms with Gasteiger partial charge in [-0.15, -0.1) is 0 Å². The summed E-state index contributed by atoms with van der Waals surface area (Å²) in [4.78, 5) is 24.6. The van der Waals surface area contributed by atoms with Gasteiger partial charge in [0.05, 0.1) is 31.4 Å². The number of aromatic nitrogens is 2. The van der Waals surface area contributed by atoms with Gasteiger partial charge in [0, 0.05) is 48.5 Å². The number of methoxy groups -OCH3 is 1. The van der Waals surface area contributed by atoms with Crippen molar-refractivity contribution in [2.45, 2.75) is 6.42 Å². The second kappa shape index (κ2) is 10.5. The minimum Gasteiger partial charge on any atom is -0.497 e. The van der Waals surface area contributed by atoms with Gasteiger partial charge >= 0.3 is 0 Å². The summed E-state index contributed by atoms with van der Waals surface area (Å²) in [5.41, 5.74) is 3.52. The molecule has 7 heteroatoms. The molecule has 2 aromatic carbocycles. The zero-order valence-corrected chi connectivity index (χ0v) is 19.7. The minimum absolute atomic E-state index is 0.0601. The van der Waals surface area contributed by atoms with Gasteiger partial charge in [0.25, 0.3) is 5.91 Å². The number of fused-ring (bicyclic) bond motifs is 1. The number of carbonyl (C=O) groups excluding carboxylic acids is 1. The van der Waals surface area contributed by atoms with Crippen molar-refractivity contribution in [3.05, 3.63) is 90.3 Å². The summed E-state index contributed by atoms with van der Waals surface area (Å²) in [6.45, 7) is 2.26. The number of hydrogen-bond acceptors (Lipinski definition) is 6. The Kier molecular flexibility index (Phi) is 6.86. The van der Waals surface area contributed by atoms with E-state index in [1.54, 1.807) is 19.4 Å². The molecule has 1 N–H and O–H groups in total. The van der Waals surface area contributed by atoms with E-state index in [0.717, 1.165) is 28.8 Å². The number of pyridine rings is 2. The summed E-state index contributed by atoms with van der Waals surface area (Å²) in [6, 6.07) is 21.4. The van der Waals surface area contributed by atoms with Crippen LogP contribution in [0.1, 0.15) is 15.9 Å². The van der Waals surface area contributed by atoms with Crippen LogP contribution in [0.3, 0.4) is 0 Å². The van der Waals surface area contributed by atoms with Gasteiger partial charge in [0.2, 0.25) is 0 Å². The van der Waals surface area contributed by atoms with E-state index in [1.807, 2.05) is 47.5 Å². The Balaban J connectivity index is 1.35. The molecule has 35 heavy (non-hydrogen) atoms. The molecule has 0 bridgehead atoms. The van der Waals surface area contributed by atoms with Gasteiger partial charge in [-0.05, 0) is 42.3 Å². The predicted molar refractivity (Wildman–Crippen MR) is 136 cm³/mol. The molecule has 1 unspecified atom stereocenters. The van der Waals surface area contributed by atoms with E-state index in [4.69, 9.17) is 9.47 Å². The van der Waals surface area contributed by atoms with E-state index < -0.39 is 0 Å². The van der Waals surface area contributed by atoms with E-state index >= 15 is 0 Å². The molecular formula is C28H28N4O3. The zero-order chi connectivity index (χ0) is 24.0. The number of hydrogen-bond donors (Lipinski definition) is 1. The Hall–Kier alpha value is -3.97. The fraction of sp³-hybridized carbons (Fsp3) is 0.250. The Morgan fingerprint density at radius 3 is 2.83 bits per heavy atom. The van der Waals surface area contributed by atoms with Crippen molar-refractivity contribution in [1.29, 1.82) is 0 Å². The highest BCUT2D eigenvalue weighted by atomic mass is 16.5. The Labute approximate surface area is 204 Å². The van der Waals surface area contributed by atoms with Crippen LogP contribution < -0.4 is 10.1 Å². The fourth-order valence-corrected chi connectivity index (χ4v) is 4.52. The van der Waals surface area contributed by atoms with E-state index in [0.29, 0.717) is 37.7 Å². The smallest absolute Gasteiger partial charge is 0.257 e. The summed E-state index contributed by atoms with van der Waals surface area (Å²) in [7, 11) is 1.63. The van der Waals surface area contributed by atoms with Gasteiger partial charge in [0.1, 0.15) is 11.6 Å². The van der Waals surface area contributed by atoms with Crippen LogP contribution in [-0.2, 0) is 11.2 Å². The highest BCUT2D eigenvalue weighted by Gasteiger charge is 2.26. The molecule has 1 aliphatic rings. The Bertz CT molecular complexity index is 1320. The third-order valence-electron chi connectivity index (χ3n) is 6.22. The van der Waals surface area contributed by atoms with Crippen molar-refractivity contribution in [2.24, 2.45) is 5.92 Å². The molecule has 1 amide bonds. The molecule has 178 valence electrons. The first kappa shape index (κ1) is 22.8. The van der Waals surface area contributed by atoms with Crippen molar-refractivity contribution < 1.29 is 14.3 Å². The quantitative estimate of drug-likeness (QED) is 0.442. The molecule has 0 spiro atoms. The molecular weight excluding hydrogens is 440 g/mol. The zero-order valence-electron chi connectivity index (χ0n) is 19.7. The number of nitrogens with zero attached hydrogens (tertiary/aromatic N) is 3. The second-order valence-corrected chi connectivity index (χ2v) is 8.65. The standard InChI is InChI=1S/C28H28N4O3/c1-34-24-10-3-9-23(17-24)31-27-25(11-5-13-30-27)28(33)32-14-15-35-19-20(18-32)16-22-7-2-6-21-8-4-12-29-26(21)22/h2-13,17,20H,14-16,18-19H2,1H3,(H,30,31). The van der Waals surface area contributed by atoms with E-state index in [1.165, 1.54) is 5.56 Å². The van der Waals surface area contributed by atoms with Crippen molar-refractivity contribution in [3.63, 3.8) is 0 Å². The van der Waals surface area contributed by atoms with Gasteiger partial charge in [-0.2, -0.15) is 0 Å². The highest BCUT2D eigenvalue weighted by molar-refractivity contribution is 5.99. The number of amides is 1. The third kappa shape index (κ3) is 5.25. The lowest BCUT2D eigenvalue weighted by atomic mass is 9.97. The van der Waals surface area contributed by atoms with Crippen LogP contribution in [0.2, 0.25) is 0 Å². The van der Waals surface area contributed by atoms with Crippen LogP contribution in [0.25, 0.3) is 10.9 Å². The molecule has 5 rings (SSSR count). The molecule has 3 heterocycles. The summed E-state index contributed by atoms with van der Waals surface area (Å²) in [5.74, 6) is 1.36. The van der Waals surface area contributed by atoms with Crippen LogP contribution in [0.4, 0.5) is 11.5 Å². The molecule has 4 aromatic rings. The van der Waals surface area contributed by atoms with Crippen LogP contribution >= 0.6 is 0 Å². The first-order chi connectivity index (χ1) is 17.2. The minimum atomic E-state index is -0.0601. The summed E-state index contributed by atoms with van der Waals surface area (Å²) in [5, 5.41) is 4.40. The number of rotatable bonds is 6. The average molecular weight is 469 g/mol. The van der Waals surface area contributed by atoms with Crippen molar-refractivity contribution in [1.82, 2.24) is 14.9 Å². The molecule has 1 atom stereocenters. The maximum Gasteiger partial charge on any atom is 0.257 e. The van der Waals surface area contributed by atoms with Crippen molar-refractivity contribution >= 4 is 28.3 Å². The van der Waals surface area contributed by atoms with E-state index in [-0.39, 0.29) is 11.8 Å². The summed E-state index contributed by atoms with van der Waals surface area (Å²) >= 11 is 0. The van der Waals surface area contributed by atoms with Gasteiger partial charge in [0.15, 0.2) is 0 Å². The van der Waals surface area contributed by atoms with Crippen LogP contribution in [0, 0.1) is 5.92 Å². The van der Waals surface area contributed by atoms with Gasteiger partial charge < -0.3 is 19.7 Å². The lowest BCUT2D eigenvalue weighted by Crippen LogP contribution is -2.36. The number of ether oxygens (including phenoxy) is 2. The number of anilines is 2. The number of benzene rings is 2. The maximum atomic E-state index is 13.7. The third-order valence-corrected chi connectivity index (χ3v) is 6.22. The number of nitrogens with one attached hydrogen (secondary N) is 1. The van der Waals surface area contributed by atoms with Crippen LogP contribution in [0.5, 0.6) is 5.75 Å². The Morgan fingerprint density at radius 1 is 1.09 bits per heavy atom.